The van der Waals surface area contributed by atoms with Gasteiger partial charge in [0.2, 0.25) is 11.8 Å². The van der Waals surface area contributed by atoms with Crippen LogP contribution in [0.1, 0.15) is 26.2 Å². The van der Waals surface area contributed by atoms with Crippen LogP contribution in [0.15, 0.2) is 30.6 Å². The number of aromatic nitrogens is 1. The Bertz CT molecular complexity index is 468. The SMILES string of the molecule is CC(=O)N1CCN(C(=O)CCCC[n+]2ccccc2)CC1. The van der Waals surface area contributed by atoms with Crippen molar-refractivity contribution in [3.05, 3.63) is 30.6 Å². The van der Waals surface area contributed by atoms with Gasteiger partial charge < -0.3 is 9.80 Å². The predicted molar refractivity (Wildman–Crippen MR) is 79.3 cm³/mol. The summed E-state index contributed by atoms with van der Waals surface area (Å²) >= 11 is 0. The molecule has 0 N–H and O–H groups in total. The predicted octanol–water partition coefficient (Wildman–Crippen LogP) is 0.835. The van der Waals surface area contributed by atoms with E-state index in [-0.39, 0.29) is 11.8 Å². The minimum Gasteiger partial charge on any atom is -0.339 e. The largest absolute Gasteiger partial charge is 0.339 e. The van der Waals surface area contributed by atoms with Crippen LogP contribution in [0.25, 0.3) is 0 Å². The Morgan fingerprint density at radius 3 is 2.19 bits per heavy atom. The van der Waals surface area contributed by atoms with E-state index in [1.54, 1.807) is 11.8 Å². The van der Waals surface area contributed by atoms with Gasteiger partial charge in [-0.3, -0.25) is 9.59 Å². The van der Waals surface area contributed by atoms with E-state index in [0.717, 1.165) is 19.4 Å². The number of hydrogen-bond donors (Lipinski definition) is 0. The van der Waals surface area contributed by atoms with Gasteiger partial charge in [0.1, 0.15) is 6.54 Å². The summed E-state index contributed by atoms with van der Waals surface area (Å²) in [4.78, 5) is 27.0. The maximum atomic E-state index is 12.1. The van der Waals surface area contributed by atoms with Crippen LogP contribution in [-0.4, -0.2) is 47.8 Å². The Morgan fingerprint density at radius 1 is 0.952 bits per heavy atom. The highest BCUT2D eigenvalue weighted by molar-refractivity contribution is 5.77. The average Bonchev–Trinajstić information content (AvgIpc) is 2.52. The summed E-state index contributed by atoms with van der Waals surface area (Å²) in [6.45, 7) is 5.21. The first-order valence-corrected chi connectivity index (χ1v) is 7.64. The van der Waals surface area contributed by atoms with Crippen molar-refractivity contribution in [1.29, 1.82) is 0 Å². The molecular weight excluding hydrogens is 266 g/mol. The number of unbranched alkanes of at least 4 members (excludes halogenated alkanes) is 1. The van der Waals surface area contributed by atoms with Crippen LogP contribution in [0.3, 0.4) is 0 Å². The Kier molecular flexibility index (Phi) is 5.72. The quantitative estimate of drug-likeness (QED) is 0.596. The molecule has 21 heavy (non-hydrogen) atoms. The molecule has 0 aromatic carbocycles. The number of rotatable bonds is 5. The van der Waals surface area contributed by atoms with Crippen molar-refractivity contribution in [2.75, 3.05) is 26.2 Å². The molecule has 0 unspecified atom stereocenters. The van der Waals surface area contributed by atoms with Gasteiger partial charge >= 0.3 is 0 Å². The van der Waals surface area contributed by atoms with Crippen molar-refractivity contribution < 1.29 is 14.2 Å². The van der Waals surface area contributed by atoms with E-state index in [4.69, 9.17) is 0 Å². The molecule has 0 radical (unpaired) electrons. The van der Waals surface area contributed by atoms with Gasteiger partial charge in [-0.05, 0) is 6.42 Å². The van der Waals surface area contributed by atoms with Crippen LogP contribution in [0.5, 0.6) is 0 Å². The number of amides is 2. The first-order chi connectivity index (χ1) is 10.2. The molecule has 0 aliphatic carbocycles. The van der Waals surface area contributed by atoms with Crippen LogP contribution in [0.4, 0.5) is 0 Å². The monoisotopic (exact) mass is 290 g/mol. The molecule has 1 fully saturated rings. The smallest absolute Gasteiger partial charge is 0.222 e. The Labute approximate surface area is 126 Å². The molecule has 0 atom stereocenters. The number of nitrogens with zero attached hydrogens (tertiary/aromatic N) is 3. The van der Waals surface area contributed by atoms with Crippen molar-refractivity contribution >= 4 is 11.8 Å². The second kappa shape index (κ2) is 7.76. The number of carbonyl (C=O) groups excluding carboxylic acids is 2. The summed E-state index contributed by atoms with van der Waals surface area (Å²) in [5.41, 5.74) is 0. The number of piperazine rings is 1. The molecule has 5 nitrogen and oxygen atoms in total. The third kappa shape index (κ3) is 4.85. The molecule has 2 rings (SSSR count). The average molecular weight is 290 g/mol. The van der Waals surface area contributed by atoms with Crippen LogP contribution in [0, 0.1) is 0 Å². The fourth-order valence-electron chi connectivity index (χ4n) is 2.58. The van der Waals surface area contributed by atoms with E-state index in [9.17, 15) is 9.59 Å². The maximum absolute atomic E-state index is 12.1. The van der Waals surface area contributed by atoms with E-state index in [1.807, 2.05) is 35.5 Å². The minimum absolute atomic E-state index is 0.0991. The summed E-state index contributed by atoms with van der Waals surface area (Å²) < 4.78 is 2.14. The number of hydrogen-bond acceptors (Lipinski definition) is 2. The number of carbonyl (C=O) groups is 2. The maximum Gasteiger partial charge on any atom is 0.222 e. The van der Waals surface area contributed by atoms with Crippen molar-refractivity contribution in [3.63, 3.8) is 0 Å². The molecule has 0 saturated carbocycles. The summed E-state index contributed by atoms with van der Waals surface area (Å²) in [6, 6.07) is 6.03. The van der Waals surface area contributed by atoms with E-state index in [2.05, 4.69) is 4.57 Å². The van der Waals surface area contributed by atoms with Gasteiger partial charge in [0.25, 0.3) is 0 Å². The number of aryl methyl sites for hydroxylation is 1. The molecule has 1 saturated heterocycles. The zero-order valence-electron chi connectivity index (χ0n) is 12.7. The van der Waals surface area contributed by atoms with Gasteiger partial charge in [-0.1, -0.05) is 6.07 Å². The molecule has 114 valence electrons. The standard InChI is InChI=1S/C16H24N3O2/c1-15(20)18-11-13-19(14-12-18)16(21)7-3-6-10-17-8-4-2-5-9-17/h2,4-5,8-9H,3,6-7,10-14H2,1H3/q+1. The zero-order chi connectivity index (χ0) is 15.1. The minimum atomic E-state index is 0.0991. The Hall–Kier alpha value is -1.91. The molecule has 1 aromatic rings. The lowest BCUT2D eigenvalue weighted by Gasteiger charge is -2.34. The molecule has 1 aliphatic rings. The molecule has 0 bridgehead atoms. The van der Waals surface area contributed by atoms with Gasteiger partial charge in [-0.15, -0.1) is 0 Å². The number of pyridine rings is 1. The van der Waals surface area contributed by atoms with E-state index in [1.165, 1.54) is 0 Å². The van der Waals surface area contributed by atoms with Crippen LogP contribution in [-0.2, 0) is 16.1 Å². The lowest BCUT2D eigenvalue weighted by Crippen LogP contribution is -2.50. The molecular formula is C16H24N3O2+. The topological polar surface area (TPSA) is 44.5 Å². The highest BCUT2D eigenvalue weighted by atomic mass is 16.2. The summed E-state index contributed by atoms with van der Waals surface area (Å²) in [7, 11) is 0. The lowest BCUT2D eigenvalue weighted by molar-refractivity contribution is -0.697. The van der Waals surface area contributed by atoms with Crippen molar-refractivity contribution in [1.82, 2.24) is 9.80 Å². The highest BCUT2D eigenvalue weighted by Gasteiger charge is 2.21. The first kappa shape index (κ1) is 15.5. The van der Waals surface area contributed by atoms with E-state index >= 15 is 0 Å². The normalized spacial score (nSPS) is 15.1. The molecule has 2 amide bonds. The first-order valence-electron chi connectivity index (χ1n) is 7.64. The lowest BCUT2D eigenvalue weighted by atomic mass is 10.2. The summed E-state index contributed by atoms with van der Waals surface area (Å²) in [5.74, 6) is 0.318. The summed E-state index contributed by atoms with van der Waals surface area (Å²) in [5, 5.41) is 0. The highest BCUT2D eigenvalue weighted by Crippen LogP contribution is 2.06. The Morgan fingerprint density at radius 2 is 1.57 bits per heavy atom. The van der Waals surface area contributed by atoms with Gasteiger partial charge in [0.05, 0.1) is 0 Å². The second-order valence-corrected chi connectivity index (χ2v) is 5.46. The van der Waals surface area contributed by atoms with E-state index < -0.39 is 0 Å². The molecule has 1 aliphatic heterocycles. The molecule has 0 spiro atoms. The van der Waals surface area contributed by atoms with Crippen LogP contribution >= 0.6 is 0 Å². The van der Waals surface area contributed by atoms with Crippen LogP contribution < -0.4 is 4.57 Å². The third-order valence-electron chi connectivity index (χ3n) is 3.91. The van der Waals surface area contributed by atoms with Crippen molar-refractivity contribution in [2.24, 2.45) is 0 Å². The fourth-order valence-corrected chi connectivity index (χ4v) is 2.58. The third-order valence-corrected chi connectivity index (χ3v) is 3.91. The Balaban J connectivity index is 1.63. The van der Waals surface area contributed by atoms with Gasteiger partial charge in [-0.25, -0.2) is 4.57 Å². The van der Waals surface area contributed by atoms with Gasteiger partial charge in [0.15, 0.2) is 12.4 Å². The van der Waals surface area contributed by atoms with Gasteiger partial charge in [-0.2, -0.15) is 0 Å². The zero-order valence-corrected chi connectivity index (χ0v) is 12.7. The van der Waals surface area contributed by atoms with Gasteiger partial charge in [0, 0.05) is 58.1 Å². The van der Waals surface area contributed by atoms with E-state index in [0.29, 0.717) is 32.6 Å². The fraction of sp³-hybridized carbons (Fsp3) is 0.562. The molecule has 1 aromatic heterocycles. The molecule has 2 heterocycles. The van der Waals surface area contributed by atoms with Crippen molar-refractivity contribution in [2.45, 2.75) is 32.7 Å². The molecule has 5 heteroatoms. The van der Waals surface area contributed by atoms with Crippen molar-refractivity contribution in [3.8, 4) is 0 Å². The summed E-state index contributed by atoms with van der Waals surface area (Å²) in [6.07, 6.45) is 6.61. The second-order valence-electron chi connectivity index (χ2n) is 5.46. The van der Waals surface area contributed by atoms with Crippen LogP contribution in [0.2, 0.25) is 0 Å².